The van der Waals surface area contributed by atoms with Crippen LogP contribution in [0.15, 0.2) is 48.7 Å². The lowest BCUT2D eigenvalue weighted by molar-refractivity contribution is -0.385. The van der Waals surface area contributed by atoms with E-state index in [9.17, 15) is 24.5 Å². The molecule has 1 aliphatic rings. The number of carbonyl (C=O) groups is 3. The fourth-order valence-electron chi connectivity index (χ4n) is 3.43. The molecule has 1 aromatic carbocycles. The van der Waals surface area contributed by atoms with Crippen LogP contribution >= 0.6 is 0 Å². The van der Waals surface area contributed by atoms with Crippen molar-refractivity contribution < 1.29 is 19.3 Å². The maximum atomic E-state index is 12.8. The molecule has 0 saturated carbocycles. The Morgan fingerprint density at radius 3 is 2.52 bits per heavy atom. The predicted molar refractivity (Wildman–Crippen MR) is 117 cm³/mol. The fraction of sp³-hybridized carbons (Fsp3) is 0.227. The number of nitro groups is 1. The van der Waals surface area contributed by atoms with Crippen molar-refractivity contribution in [2.75, 3.05) is 11.9 Å². The van der Waals surface area contributed by atoms with Crippen LogP contribution in [-0.4, -0.2) is 48.9 Å². The van der Waals surface area contributed by atoms with Crippen LogP contribution in [0.25, 0.3) is 5.82 Å². The second kappa shape index (κ2) is 7.93. The third-order valence-corrected chi connectivity index (χ3v) is 5.09. The van der Waals surface area contributed by atoms with E-state index in [1.807, 2.05) is 20.8 Å². The molecule has 3 amide bonds. The number of hydrogen-bond donors (Lipinski definition) is 1. The first-order valence-electron chi connectivity index (χ1n) is 10.0. The van der Waals surface area contributed by atoms with Gasteiger partial charge in [0.2, 0.25) is 5.91 Å². The zero-order valence-corrected chi connectivity index (χ0v) is 18.1. The number of fused-ring (bicyclic) bond motifs is 1. The van der Waals surface area contributed by atoms with Crippen molar-refractivity contribution in [1.82, 2.24) is 19.7 Å². The number of imide groups is 1. The molecule has 4 rings (SSSR count). The van der Waals surface area contributed by atoms with E-state index in [1.165, 1.54) is 16.8 Å². The number of carbonyl (C=O) groups excluding carboxylic acids is 3. The Labute approximate surface area is 188 Å². The van der Waals surface area contributed by atoms with E-state index in [0.29, 0.717) is 22.2 Å². The Morgan fingerprint density at radius 2 is 1.88 bits per heavy atom. The van der Waals surface area contributed by atoms with Crippen molar-refractivity contribution in [1.29, 1.82) is 0 Å². The topological polar surface area (TPSA) is 140 Å². The van der Waals surface area contributed by atoms with Crippen LogP contribution in [0.2, 0.25) is 0 Å². The monoisotopic (exact) mass is 448 g/mol. The summed E-state index contributed by atoms with van der Waals surface area (Å²) in [5.74, 6) is -1.52. The van der Waals surface area contributed by atoms with Gasteiger partial charge in [0.25, 0.3) is 17.5 Å². The summed E-state index contributed by atoms with van der Waals surface area (Å²) in [5.41, 5.74) is -0.512. The maximum Gasteiger partial charge on any atom is 0.282 e. The molecule has 0 aliphatic carbocycles. The lowest BCUT2D eigenvalue weighted by Crippen LogP contribution is -2.37. The second-order valence-electron chi connectivity index (χ2n) is 8.47. The quantitative estimate of drug-likeness (QED) is 0.359. The first kappa shape index (κ1) is 21.8. The summed E-state index contributed by atoms with van der Waals surface area (Å²) >= 11 is 0. The molecule has 3 heterocycles. The van der Waals surface area contributed by atoms with Gasteiger partial charge in [-0.3, -0.25) is 29.4 Å². The molecule has 1 N–H and O–H groups in total. The van der Waals surface area contributed by atoms with Crippen molar-refractivity contribution in [3.05, 3.63) is 75.6 Å². The average Bonchev–Trinajstić information content (AvgIpc) is 3.29. The van der Waals surface area contributed by atoms with E-state index in [0.717, 1.165) is 6.07 Å². The minimum Gasteiger partial charge on any atom is -0.309 e. The summed E-state index contributed by atoms with van der Waals surface area (Å²) < 4.78 is 1.46. The zero-order valence-electron chi connectivity index (χ0n) is 18.1. The highest BCUT2D eigenvalue weighted by Gasteiger charge is 2.41. The molecule has 0 saturated heterocycles. The Hall–Kier alpha value is -4.41. The van der Waals surface area contributed by atoms with Crippen LogP contribution < -0.4 is 5.32 Å². The first-order valence-corrected chi connectivity index (χ1v) is 10.0. The first-order chi connectivity index (χ1) is 15.6. The molecule has 168 valence electrons. The van der Waals surface area contributed by atoms with Gasteiger partial charge in [-0.05, 0) is 18.2 Å². The molecule has 0 bridgehead atoms. The van der Waals surface area contributed by atoms with Gasteiger partial charge in [-0.25, -0.2) is 4.98 Å². The van der Waals surface area contributed by atoms with Gasteiger partial charge < -0.3 is 5.32 Å². The molecule has 11 nitrogen and oxygen atoms in total. The summed E-state index contributed by atoms with van der Waals surface area (Å²) in [4.78, 5) is 53.7. The number of nitrogens with one attached hydrogen (secondary N) is 1. The Kier molecular flexibility index (Phi) is 5.24. The molecule has 0 radical (unpaired) electrons. The van der Waals surface area contributed by atoms with Crippen LogP contribution in [0, 0.1) is 10.1 Å². The van der Waals surface area contributed by atoms with Crippen LogP contribution in [0.5, 0.6) is 0 Å². The molecule has 1 aliphatic heterocycles. The highest BCUT2D eigenvalue weighted by Crippen LogP contribution is 2.31. The van der Waals surface area contributed by atoms with Crippen molar-refractivity contribution >= 4 is 29.2 Å². The molecule has 3 aromatic rings. The van der Waals surface area contributed by atoms with E-state index in [4.69, 9.17) is 0 Å². The summed E-state index contributed by atoms with van der Waals surface area (Å²) in [7, 11) is 0. The van der Waals surface area contributed by atoms with Gasteiger partial charge in [0.1, 0.15) is 17.9 Å². The molecule has 0 spiro atoms. The number of amides is 3. The number of rotatable bonds is 5. The van der Waals surface area contributed by atoms with Gasteiger partial charge in [-0.1, -0.05) is 32.9 Å². The average molecular weight is 448 g/mol. The largest absolute Gasteiger partial charge is 0.309 e. The number of benzene rings is 1. The lowest BCUT2D eigenvalue weighted by atomic mass is 9.92. The zero-order chi connectivity index (χ0) is 23.9. The summed E-state index contributed by atoms with van der Waals surface area (Å²) in [5, 5.41) is 18.5. The fourth-order valence-corrected chi connectivity index (χ4v) is 3.43. The molecule has 2 aromatic heterocycles. The highest BCUT2D eigenvalue weighted by atomic mass is 16.6. The summed E-state index contributed by atoms with van der Waals surface area (Å²) in [6.45, 7) is 5.29. The number of hydrogen-bond acceptors (Lipinski definition) is 7. The normalized spacial score (nSPS) is 13.2. The van der Waals surface area contributed by atoms with Crippen LogP contribution in [0.3, 0.4) is 0 Å². The number of nitrogens with zero attached hydrogens (tertiary/aromatic N) is 5. The third-order valence-electron chi connectivity index (χ3n) is 5.09. The van der Waals surface area contributed by atoms with Crippen molar-refractivity contribution in [2.24, 2.45) is 0 Å². The van der Waals surface area contributed by atoms with Gasteiger partial charge in [0.05, 0.1) is 16.2 Å². The van der Waals surface area contributed by atoms with Gasteiger partial charge >= 0.3 is 0 Å². The minimum absolute atomic E-state index is 0.101. The molecule has 11 heteroatoms. The summed E-state index contributed by atoms with van der Waals surface area (Å²) in [6, 6.07) is 10.7. The van der Waals surface area contributed by atoms with E-state index in [1.54, 1.807) is 30.5 Å². The maximum absolute atomic E-state index is 12.8. The minimum atomic E-state index is -0.883. The molecular weight excluding hydrogens is 428 g/mol. The van der Waals surface area contributed by atoms with E-state index < -0.39 is 34.9 Å². The Balaban J connectivity index is 1.61. The number of aromatic nitrogens is 3. The molecule has 0 unspecified atom stereocenters. The number of nitro benzene ring substituents is 1. The standard InChI is InChI=1S/C22H20N6O5/c1-22(2,3)15-11-17(27(25-15)16-9-4-5-10-23-16)24-18(29)12-26-20(30)13-7-6-8-14(28(32)33)19(13)21(26)31/h4-11H,12H2,1-3H3,(H,24,29). The molecule has 0 atom stereocenters. The Bertz CT molecular complexity index is 1290. The number of anilines is 1. The van der Waals surface area contributed by atoms with E-state index in [-0.39, 0.29) is 16.5 Å². The highest BCUT2D eigenvalue weighted by molar-refractivity contribution is 6.24. The predicted octanol–water partition coefficient (Wildman–Crippen LogP) is 2.71. The summed E-state index contributed by atoms with van der Waals surface area (Å²) in [6.07, 6.45) is 1.59. The second-order valence-corrected chi connectivity index (χ2v) is 8.47. The lowest BCUT2D eigenvalue weighted by Gasteiger charge is -2.14. The van der Waals surface area contributed by atoms with Crippen molar-refractivity contribution in [3.63, 3.8) is 0 Å². The SMILES string of the molecule is CC(C)(C)c1cc(NC(=O)CN2C(=O)c3cccc([N+](=O)[O-])c3C2=O)n(-c2ccccn2)n1. The Morgan fingerprint density at radius 1 is 1.12 bits per heavy atom. The van der Waals surface area contributed by atoms with Gasteiger partial charge in [-0.2, -0.15) is 9.78 Å². The number of pyridine rings is 1. The van der Waals surface area contributed by atoms with E-state index in [2.05, 4.69) is 15.4 Å². The van der Waals surface area contributed by atoms with Crippen LogP contribution in [0.1, 0.15) is 47.2 Å². The molecular formula is C22H20N6O5. The van der Waals surface area contributed by atoms with E-state index >= 15 is 0 Å². The molecule has 33 heavy (non-hydrogen) atoms. The van der Waals surface area contributed by atoms with Gasteiger partial charge in [0.15, 0.2) is 5.82 Å². The smallest absolute Gasteiger partial charge is 0.282 e. The van der Waals surface area contributed by atoms with Crippen molar-refractivity contribution in [3.8, 4) is 5.82 Å². The van der Waals surface area contributed by atoms with Crippen LogP contribution in [-0.2, 0) is 10.2 Å². The third kappa shape index (κ3) is 3.95. The van der Waals surface area contributed by atoms with Gasteiger partial charge in [0, 0.05) is 23.7 Å². The molecule has 0 fully saturated rings. The van der Waals surface area contributed by atoms with Crippen LogP contribution in [0.4, 0.5) is 11.5 Å². The van der Waals surface area contributed by atoms with Crippen molar-refractivity contribution in [2.45, 2.75) is 26.2 Å². The van der Waals surface area contributed by atoms with Gasteiger partial charge in [-0.15, -0.1) is 0 Å².